The van der Waals surface area contributed by atoms with Gasteiger partial charge < -0.3 is 9.64 Å². The highest BCUT2D eigenvalue weighted by atomic mass is 16.5. The summed E-state index contributed by atoms with van der Waals surface area (Å²) >= 11 is 0. The molecule has 0 saturated heterocycles. The Morgan fingerprint density at radius 2 is 2.12 bits per heavy atom. The molecule has 4 nitrogen and oxygen atoms in total. The molecule has 1 aliphatic rings. The fourth-order valence-electron chi connectivity index (χ4n) is 1.92. The van der Waals surface area contributed by atoms with E-state index in [1.54, 1.807) is 6.34 Å². The number of carbonyl (C=O) groups is 1. The van der Waals surface area contributed by atoms with Crippen LogP contribution in [0.2, 0.25) is 0 Å². The van der Waals surface area contributed by atoms with Gasteiger partial charge in [0.1, 0.15) is 0 Å². The van der Waals surface area contributed by atoms with Gasteiger partial charge >= 0.3 is 5.97 Å². The molecule has 0 aromatic heterocycles. The molecular weight excluding hydrogens is 216 g/mol. The van der Waals surface area contributed by atoms with Crippen LogP contribution in [0.4, 0.5) is 0 Å². The van der Waals surface area contributed by atoms with Gasteiger partial charge in [-0.2, -0.15) is 0 Å². The smallest absolute Gasteiger partial charge is 0.335 e. The van der Waals surface area contributed by atoms with Crippen LogP contribution in [0.15, 0.2) is 16.3 Å². The second-order valence-electron chi connectivity index (χ2n) is 5.47. The van der Waals surface area contributed by atoms with E-state index in [-0.39, 0.29) is 11.4 Å². The summed E-state index contributed by atoms with van der Waals surface area (Å²) in [5, 5.41) is 0. The minimum absolute atomic E-state index is 0.153. The number of hydrogen-bond donors (Lipinski definition) is 0. The number of carbonyl (C=O) groups excluding carboxylic acids is 1. The lowest BCUT2D eigenvalue weighted by Crippen LogP contribution is -2.23. The first-order valence-corrected chi connectivity index (χ1v) is 5.87. The maximum atomic E-state index is 11.7. The largest absolute Gasteiger partial charge is 0.466 e. The van der Waals surface area contributed by atoms with Crippen LogP contribution in [-0.2, 0) is 9.53 Å². The van der Waals surface area contributed by atoms with Crippen LogP contribution in [-0.4, -0.2) is 38.4 Å². The van der Waals surface area contributed by atoms with E-state index in [2.05, 4.69) is 18.8 Å². The maximum absolute atomic E-state index is 11.7. The Labute approximate surface area is 103 Å². The van der Waals surface area contributed by atoms with Crippen LogP contribution in [0.1, 0.15) is 33.1 Å². The van der Waals surface area contributed by atoms with Crippen molar-refractivity contribution in [3.63, 3.8) is 0 Å². The summed E-state index contributed by atoms with van der Waals surface area (Å²) in [7, 11) is 5.24. The molecule has 0 saturated carbocycles. The van der Waals surface area contributed by atoms with Gasteiger partial charge in [0.25, 0.3) is 0 Å². The summed E-state index contributed by atoms with van der Waals surface area (Å²) in [6, 6.07) is 0. The number of hydrogen-bond acceptors (Lipinski definition) is 3. The molecule has 0 bridgehead atoms. The quantitative estimate of drug-likeness (QED) is 0.430. The Balaban J connectivity index is 3.00. The van der Waals surface area contributed by atoms with E-state index in [4.69, 9.17) is 4.74 Å². The first kappa shape index (κ1) is 13.7. The molecule has 0 aliphatic heterocycles. The van der Waals surface area contributed by atoms with E-state index in [1.807, 2.05) is 19.0 Å². The second-order valence-corrected chi connectivity index (χ2v) is 5.47. The van der Waals surface area contributed by atoms with Gasteiger partial charge in [-0.05, 0) is 24.7 Å². The molecule has 0 aromatic carbocycles. The highest BCUT2D eigenvalue weighted by Crippen LogP contribution is 2.39. The molecule has 1 rings (SSSR count). The summed E-state index contributed by atoms with van der Waals surface area (Å²) in [5.41, 5.74) is 1.74. The predicted octanol–water partition coefficient (Wildman–Crippen LogP) is 2.21. The van der Waals surface area contributed by atoms with E-state index in [1.165, 1.54) is 7.11 Å². The van der Waals surface area contributed by atoms with Gasteiger partial charge in [0.15, 0.2) is 0 Å². The number of rotatable bonds is 3. The lowest BCUT2D eigenvalue weighted by molar-refractivity contribution is -0.136. The summed E-state index contributed by atoms with van der Waals surface area (Å²) < 4.78 is 4.84. The van der Waals surface area contributed by atoms with E-state index in [0.717, 1.165) is 30.5 Å². The number of aliphatic imine (C=N–C) groups is 1. The van der Waals surface area contributed by atoms with Crippen molar-refractivity contribution in [1.29, 1.82) is 0 Å². The molecule has 0 atom stereocenters. The normalized spacial score (nSPS) is 19.6. The summed E-state index contributed by atoms with van der Waals surface area (Å²) in [4.78, 5) is 18.0. The number of ether oxygens (including phenoxy) is 1. The monoisotopic (exact) mass is 238 g/mol. The van der Waals surface area contributed by atoms with Gasteiger partial charge in [0.2, 0.25) is 0 Å². The van der Waals surface area contributed by atoms with Gasteiger partial charge in [0.05, 0.1) is 24.7 Å². The zero-order valence-corrected chi connectivity index (χ0v) is 11.4. The average Bonchev–Trinajstić information content (AvgIpc) is 2.25. The van der Waals surface area contributed by atoms with Gasteiger partial charge in [-0.25, -0.2) is 9.79 Å². The number of methoxy groups -OCH3 is 1. The van der Waals surface area contributed by atoms with E-state index in [9.17, 15) is 4.79 Å². The lowest BCUT2D eigenvalue weighted by atomic mass is 9.76. The molecular formula is C13H22N2O2. The Morgan fingerprint density at radius 3 is 2.65 bits per heavy atom. The SMILES string of the molecule is COC(=O)C1=C(/N=C/N(C)C)CCC(C)(C)C1. The molecule has 0 heterocycles. The molecule has 0 N–H and O–H groups in total. The van der Waals surface area contributed by atoms with Gasteiger partial charge in [0, 0.05) is 14.1 Å². The van der Waals surface area contributed by atoms with Crippen molar-refractivity contribution in [3.05, 3.63) is 11.3 Å². The molecule has 17 heavy (non-hydrogen) atoms. The number of allylic oxidation sites excluding steroid dienone is 1. The second kappa shape index (κ2) is 5.34. The van der Waals surface area contributed by atoms with Crippen LogP contribution in [0.3, 0.4) is 0 Å². The van der Waals surface area contributed by atoms with Crippen molar-refractivity contribution < 1.29 is 9.53 Å². The minimum Gasteiger partial charge on any atom is -0.466 e. The molecule has 0 spiro atoms. The van der Waals surface area contributed by atoms with Crippen molar-refractivity contribution in [3.8, 4) is 0 Å². The Kier molecular flexibility index (Phi) is 4.32. The van der Waals surface area contributed by atoms with E-state index < -0.39 is 0 Å². The average molecular weight is 238 g/mol. The number of nitrogens with zero attached hydrogens (tertiary/aromatic N) is 2. The third-order valence-corrected chi connectivity index (χ3v) is 2.92. The van der Waals surface area contributed by atoms with Gasteiger partial charge in [-0.15, -0.1) is 0 Å². The van der Waals surface area contributed by atoms with Gasteiger partial charge in [-0.1, -0.05) is 13.8 Å². The highest BCUT2D eigenvalue weighted by molar-refractivity contribution is 5.89. The third-order valence-electron chi connectivity index (χ3n) is 2.92. The molecule has 0 unspecified atom stereocenters. The zero-order chi connectivity index (χ0) is 13.1. The fraction of sp³-hybridized carbons (Fsp3) is 0.692. The molecule has 0 fully saturated rings. The first-order valence-electron chi connectivity index (χ1n) is 5.87. The summed E-state index contributed by atoms with van der Waals surface area (Å²) in [6.07, 6.45) is 4.35. The molecule has 96 valence electrons. The van der Waals surface area contributed by atoms with E-state index >= 15 is 0 Å². The fourth-order valence-corrected chi connectivity index (χ4v) is 1.92. The topological polar surface area (TPSA) is 41.9 Å². The highest BCUT2D eigenvalue weighted by Gasteiger charge is 2.30. The van der Waals surface area contributed by atoms with Crippen molar-refractivity contribution in [1.82, 2.24) is 4.90 Å². The van der Waals surface area contributed by atoms with Crippen LogP contribution in [0.25, 0.3) is 0 Å². The van der Waals surface area contributed by atoms with Crippen molar-refractivity contribution >= 4 is 12.3 Å². The molecule has 4 heteroatoms. The maximum Gasteiger partial charge on any atom is 0.335 e. The molecule has 1 aliphatic carbocycles. The number of esters is 1. The molecule has 0 aromatic rings. The Hall–Kier alpha value is -1.32. The summed E-state index contributed by atoms with van der Waals surface area (Å²) in [5.74, 6) is -0.247. The summed E-state index contributed by atoms with van der Waals surface area (Å²) in [6.45, 7) is 4.34. The Morgan fingerprint density at radius 1 is 1.47 bits per heavy atom. The lowest BCUT2D eigenvalue weighted by Gasteiger charge is -2.30. The molecule has 0 radical (unpaired) electrons. The zero-order valence-electron chi connectivity index (χ0n) is 11.4. The van der Waals surface area contributed by atoms with E-state index in [0.29, 0.717) is 0 Å². The standard InChI is InChI=1S/C13H22N2O2/c1-13(2)7-6-11(14-9-15(3)4)10(8-13)12(16)17-5/h9H,6-8H2,1-5H3/b14-9+. The minimum atomic E-state index is -0.247. The van der Waals surface area contributed by atoms with Crippen molar-refractivity contribution in [2.45, 2.75) is 33.1 Å². The predicted molar refractivity (Wildman–Crippen MR) is 68.9 cm³/mol. The first-order chi connectivity index (χ1) is 7.85. The molecule has 0 amide bonds. The van der Waals surface area contributed by atoms with Crippen LogP contribution in [0.5, 0.6) is 0 Å². The van der Waals surface area contributed by atoms with Crippen molar-refractivity contribution in [2.24, 2.45) is 10.4 Å². The van der Waals surface area contributed by atoms with Crippen LogP contribution < -0.4 is 0 Å². The Bertz CT molecular complexity index is 354. The van der Waals surface area contributed by atoms with Crippen LogP contribution in [0, 0.1) is 5.41 Å². The third kappa shape index (κ3) is 3.88. The van der Waals surface area contributed by atoms with Gasteiger partial charge in [-0.3, -0.25) is 0 Å². The van der Waals surface area contributed by atoms with Crippen molar-refractivity contribution in [2.75, 3.05) is 21.2 Å². The van der Waals surface area contributed by atoms with Crippen LogP contribution >= 0.6 is 0 Å².